The van der Waals surface area contributed by atoms with Gasteiger partial charge in [0, 0.05) is 24.0 Å². The Morgan fingerprint density at radius 2 is 1.73 bits per heavy atom. The lowest BCUT2D eigenvalue weighted by molar-refractivity contribution is -0.384. The van der Waals surface area contributed by atoms with Crippen LogP contribution in [-0.2, 0) is 34.9 Å². The molecule has 40 heavy (non-hydrogen) atoms. The van der Waals surface area contributed by atoms with E-state index in [2.05, 4.69) is 40.4 Å². The molecule has 1 amide bonds. The Labute approximate surface area is 241 Å². The predicted molar refractivity (Wildman–Crippen MR) is 156 cm³/mol. The van der Waals surface area contributed by atoms with Gasteiger partial charge in [-0.05, 0) is 62.2 Å². The maximum absolute atomic E-state index is 13.6. The minimum atomic E-state index is -2.21. The van der Waals surface area contributed by atoms with Gasteiger partial charge in [-0.1, -0.05) is 27.4 Å². The molecule has 10 nitrogen and oxygen atoms in total. The third-order valence-electron chi connectivity index (χ3n) is 7.03. The zero-order valence-electron chi connectivity index (χ0n) is 24.7. The lowest BCUT2D eigenvalue weighted by atomic mass is 9.91. The fourth-order valence-electron chi connectivity index (χ4n) is 3.86. The normalized spacial score (nSPS) is 17.9. The minimum Gasteiger partial charge on any atom is -0.460 e. The van der Waals surface area contributed by atoms with Crippen molar-refractivity contribution in [2.75, 3.05) is 6.61 Å². The molecule has 0 radical (unpaired) electrons. The molecule has 0 spiro atoms. The number of carbonyl (C=O) groups excluding carboxylic acids is 3. The van der Waals surface area contributed by atoms with Gasteiger partial charge >= 0.3 is 11.9 Å². The van der Waals surface area contributed by atoms with Gasteiger partial charge in [0.25, 0.3) is 5.69 Å². The van der Waals surface area contributed by atoms with Gasteiger partial charge in [-0.2, -0.15) is 0 Å². The SMILES string of the molecule is C=C(COC(C)=O)S[C@H]1[C@@H]([C@@H](C)O[Si](C)(C)C(C)(C)C)C(=O)N1C(C(=O)OCc1ccc([N+](=O)[O-])cc1)=C(C)C. The van der Waals surface area contributed by atoms with Crippen molar-refractivity contribution in [1.29, 1.82) is 0 Å². The van der Waals surface area contributed by atoms with Gasteiger partial charge in [-0.25, -0.2) is 4.79 Å². The average molecular weight is 593 g/mol. The summed E-state index contributed by atoms with van der Waals surface area (Å²) >= 11 is 1.26. The van der Waals surface area contributed by atoms with Gasteiger partial charge in [0.15, 0.2) is 8.32 Å². The van der Waals surface area contributed by atoms with Gasteiger partial charge in [-0.3, -0.25) is 24.6 Å². The molecule has 1 aromatic rings. The van der Waals surface area contributed by atoms with Crippen molar-refractivity contribution >= 4 is 43.6 Å². The number of amides is 1. The van der Waals surface area contributed by atoms with Crippen LogP contribution in [0, 0.1) is 16.0 Å². The van der Waals surface area contributed by atoms with E-state index in [1.165, 1.54) is 47.9 Å². The second-order valence-electron chi connectivity index (χ2n) is 11.5. The Morgan fingerprint density at radius 1 is 1.15 bits per heavy atom. The highest BCUT2D eigenvalue weighted by atomic mass is 32.2. The molecule has 0 aliphatic carbocycles. The molecular weight excluding hydrogens is 552 g/mol. The van der Waals surface area contributed by atoms with Crippen LogP contribution in [-0.4, -0.2) is 54.1 Å². The Hall–Kier alpha value is -2.96. The number of nitro groups is 1. The van der Waals surface area contributed by atoms with Crippen molar-refractivity contribution in [3.63, 3.8) is 0 Å². The lowest BCUT2D eigenvalue weighted by Crippen LogP contribution is -2.64. The maximum Gasteiger partial charge on any atom is 0.355 e. The first kappa shape index (κ1) is 33.2. The van der Waals surface area contributed by atoms with Gasteiger partial charge < -0.3 is 13.9 Å². The molecule has 0 unspecified atom stereocenters. The molecule has 3 atom stereocenters. The number of esters is 2. The molecule has 1 fully saturated rings. The van der Waals surface area contributed by atoms with E-state index in [-0.39, 0.29) is 35.5 Å². The van der Waals surface area contributed by atoms with Crippen LogP contribution < -0.4 is 0 Å². The van der Waals surface area contributed by atoms with Gasteiger partial charge in [0.05, 0.1) is 16.9 Å². The molecule has 1 heterocycles. The number of rotatable bonds is 12. The van der Waals surface area contributed by atoms with E-state index in [9.17, 15) is 24.5 Å². The summed E-state index contributed by atoms with van der Waals surface area (Å²) < 4.78 is 17.2. The Balaban J connectivity index is 2.31. The summed E-state index contributed by atoms with van der Waals surface area (Å²) in [4.78, 5) is 50.6. The Kier molecular flexibility index (Phi) is 10.9. The van der Waals surface area contributed by atoms with Gasteiger partial charge in [0.1, 0.15) is 24.3 Å². The first-order valence-electron chi connectivity index (χ1n) is 12.9. The third kappa shape index (κ3) is 8.04. The van der Waals surface area contributed by atoms with E-state index in [0.717, 1.165) is 0 Å². The van der Waals surface area contributed by atoms with E-state index in [1.54, 1.807) is 13.8 Å². The van der Waals surface area contributed by atoms with Gasteiger partial charge in [-0.15, -0.1) is 11.8 Å². The highest BCUT2D eigenvalue weighted by Crippen LogP contribution is 2.46. The van der Waals surface area contributed by atoms with Crippen LogP contribution in [0.5, 0.6) is 0 Å². The van der Waals surface area contributed by atoms with Crippen LogP contribution >= 0.6 is 11.8 Å². The molecule has 12 heteroatoms. The second kappa shape index (κ2) is 13.1. The average Bonchev–Trinajstić information content (AvgIpc) is 2.83. The first-order chi connectivity index (χ1) is 18.4. The monoisotopic (exact) mass is 592 g/mol. The predicted octanol–water partition coefficient (Wildman–Crippen LogP) is 5.94. The Bertz CT molecular complexity index is 1190. The third-order valence-corrected chi connectivity index (χ3v) is 12.8. The number of hydrogen-bond donors (Lipinski definition) is 0. The standard InChI is InChI=1S/C28H40N2O8SSi/c1-17(2)24(27(33)37-16-21-11-13-22(14-12-21)30(34)35)29-25(32)23(19(4)38-40(9,10)28(6,7)8)26(29)39-18(3)15-36-20(5)31/h11-14,19,23,26H,3,15-16H2,1-2,4-10H3/t19-,23+,26+/m1/s1. The van der Waals surface area contributed by atoms with Crippen LogP contribution in [0.4, 0.5) is 5.69 Å². The molecule has 0 bridgehead atoms. The summed E-state index contributed by atoms with van der Waals surface area (Å²) in [7, 11) is -2.21. The van der Waals surface area contributed by atoms with Crippen LogP contribution in [0.3, 0.4) is 0 Å². The van der Waals surface area contributed by atoms with Crippen LogP contribution in [0.25, 0.3) is 0 Å². The maximum atomic E-state index is 13.6. The van der Waals surface area contributed by atoms with E-state index < -0.39 is 42.6 Å². The summed E-state index contributed by atoms with van der Waals surface area (Å²) in [5, 5.41) is 10.3. The molecule has 0 aromatic heterocycles. The zero-order valence-corrected chi connectivity index (χ0v) is 26.5. The molecule has 1 saturated heterocycles. The number of ether oxygens (including phenoxy) is 2. The van der Waals surface area contributed by atoms with Crippen molar-refractivity contribution in [3.8, 4) is 0 Å². The fourth-order valence-corrected chi connectivity index (χ4v) is 6.56. The number of carbonyl (C=O) groups is 3. The molecule has 2 rings (SSSR count). The van der Waals surface area contributed by atoms with Crippen molar-refractivity contribution in [1.82, 2.24) is 4.90 Å². The van der Waals surface area contributed by atoms with Gasteiger partial charge in [0.2, 0.25) is 5.91 Å². The van der Waals surface area contributed by atoms with E-state index in [1.807, 2.05) is 6.92 Å². The topological polar surface area (TPSA) is 125 Å². The van der Waals surface area contributed by atoms with Crippen LogP contribution in [0.1, 0.15) is 54.0 Å². The quantitative estimate of drug-likeness (QED) is 0.0724. The lowest BCUT2D eigenvalue weighted by Gasteiger charge is -2.51. The first-order valence-corrected chi connectivity index (χ1v) is 16.7. The highest BCUT2D eigenvalue weighted by molar-refractivity contribution is 8.03. The number of β-lactam (4-membered cyclic amide) rings is 1. The molecule has 1 aliphatic heterocycles. The van der Waals surface area contributed by atoms with Crippen molar-refractivity contribution in [3.05, 3.63) is 62.7 Å². The minimum absolute atomic E-state index is 0.0303. The Morgan fingerprint density at radius 3 is 2.20 bits per heavy atom. The number of thioether (sulfide) groups is 1. The van der Waals surface area contributed by atoms with Crippen molar-refractivity contribution in [2.24, 2.45) is 5.92 Å². The molecular formula is C28H40N2O8SSi. The van der Waals surface area contributed by atoms with Crippen LogP contribution in [0.2, 0.25) is 18.1 Å². The second-order valence-corrected chi connectivity index (χ2v) is 17.5. The number of benzene rings is 1. The highest BCUT2D eigenvalue weighted by Gasteiger charge is 2.55. The number of hydrogen-bond acceptors (Lipinski definition) is 9. The smallest absolute Gasteiger partial charge is 0.355 e. The number of nitro benzene ring substituents is 1. The number of non-ortho nitro benzene ring substituents is 1. The summed E-state index contributed by atoms with van der Waals surface area (Å²) in [5.41, 5.74) is 1.19. The fraction of sp³-hybridized carbons (Fsp3) is 0.536. The number of likely N-dealkylation sites (tertiary alicyclic amines) is 1. The van der Waals surface area contributed by atoms with E-state index >= 15 is 0 Å². The van der Waals surface area contributed by atoms with Crippen molar-refractivity contribution in [2.45, 2.75) is 84.7 Å². The summed E-state index contributed by atoms with van der Waals surface area (Å²) in [5.74, 6) is -1.98. The molecule has 1 aliphatic rings. The molecule has 1 aromatic carbocycles. The largest absolute Gasteiger partial charge is 0.460 e. The van der Waals surface area contributed by atoms with Crippen LogP contribution in [0.15, 0.2) is 47.0 Å². The summed E-state index contributed by atoms with van der Waals surface area (Å²) in [6.07, 6.45) is -0.432. The van der Waals surface area contributed by atoms with Crippen molar-refractivity contribution < 1.29 is 33.2 Å². The summed E-state index contributed by atoms with van der Waals surface area (Å²) in [6.45, 7) is 21.0. The number of nitrogens with zero attached hydrogens (tertiary/aromatic N) is 2. The summed E-state index contributed by atoms with van der Waals surface area (Å²) in [6, 6.07) is 5.69. The zero-order chi connectivity index (χ0) is 30.6. The number of allylic oxidation sites excluding steroid dienone is 1. The van der Waals surface area contributed by atoms with E-state index in [4.69, 9.17) is 13.9 Å². The molecule has 0 N–H and O–H groups in total. The van der Waals surface area contributed by atoms with E-state index in [0.29, 0.717) is 16.0 Å². The molecule has 220 valence electrons. The molecule has 0 saturated carbocycles.